The third-order valence-corrected chi connectivity index (χ3v) is 2.54. The minimum atomic E-state index is 0.675. The van der Waals surface area contributed by atoms with E-state index in [1.807, 2.05) is 36.4 Å². The molecule has 0 aliphatic heterocycles. The van der Waals surface area contributed by atoms with Crippen molar-refractivity contribution in [1.82, 2.24) is 0 Å². The van der Waals surface area contributed by atoms with Crippen LogP contribution >= 0.6 is 0 Å². The number of fused-ring (bicyclic) bond motifs is 3. The maximum atomic E-state index is 10.7. The van der Waals surface area contributed by atoms with Crippen molar-refractivity contribution in [2.45, 2.75) is 0 Å². The molecule has 0 fully saturated rings. The zero-order valence-electron chi connectivity index (χ0n) is 7.94. The van der Waals surface area contributed by atoms with Gasteiger partial charge in [-0.15, -0.1) is 0 Å². The molecule has 0 atom stereocenters. The van der Waals surface area contributed by atoms with Gasteiger partial charge in [0.15, 0.2) is 0 Å². The monoisotopic (exact) mass is 194 g/mol. The molecule has 15 heavy (non-hydrogen) atoms. The summed E-state index contributed by atoms with van der Waals surface area (Å²) < 4.78 is 16.3. The van der Waals surface area contributed by atoms with Gasteiger partial charge in [0.1, 0.15) is 0 Å². The van der Waals surface area contributed by atoms with Gasteiger partial charge in [0.2, 0.25) is 0 Å². The Balaban J connectivity index is 2.51. The third-order valence-electron chi connectivity index (χ3n) is 2.54. The van der Waals surface area contributed by atoms with Gasteiger partial charge in [-0.25, -0.2) is 0 Å². The van der Waals surface area contributed by atoms with Gasteiger partial charge in [-0.2, -0.15) is 0 Å². The van der Waals surface area contributed by atoms with Crippen molar-refractivity contribution in [2.24, 2.45) is 0 Å². The minimum absolute atomic E-state index is 0.675. The van der Waals surface area contributed by atoms with Crippen molar-refractivity contribution in [3.8, 4) is 0 Å². The van der Waals surface area contributed by atoms with E-state index in [-0.39, 0.29) is 0 Å². The van der Waals surface area contributed by atoms with Gasteiger partial charge in [-0.3, -0.25) is 0 Å². The van der Waals surface area contributed by atoms with Gasteiger partial charge in [0, 0.05) is 0 Å². The van der Waals surface area contributed by atoms with Crippen LogP contribution in [0.25, 0.3) is 21.9 Å². The average molecular weight is 194 g/mol. The first-order chi connectivity index (χ1) is 7.38. The van der Waals surface area contributed by atoms with Crippen LogP contribution in [0, 0.1) is 0 Å². The van der Waals surface area contributed by atoms with E-state index in [1.165, 1.54) is 0 Å². The van der Waals surface area contributed by atoms with Crippen LogP contribution in [-0.2, 0) is 4.70 Å². The second-order valence-corrected chi connectivity index (χ2v) is 3.47. The average Bonchev–Trinajstić information content (AvgIpc) is 2.66. The predicted molar refractivity (Wildman–Crippen MR) is 59.8 cm³/mol. The van der Waals surface area contributed by atoms with Crippen molar-refractivity contribution in [3.05, 3.63) is 42.5 Å². The first kappa shape index (κ1) is 8.42. The number of benzene rings is 2. The first-order valence-corrected chi connectivity index (χ1v) is 4.75. The van der Waals surface area contributed by atoms with Crippen molar-refractivity contribution >= 4 is 34.6 Å². The van der Waals surface area contributed by atoms with E-state index in [0.29, 0.717) is 5.46 Å². The van der Waals surface area contributed by atoms with E-state index >= 15 is 0 Å². The molecular weight excluding hydrogens is 187 g/mol. The Hall–Kier alpha value is -1.90. The third kappa shape index (κ3) is 1.20. The molecule has 0 spiro atoms. The Morgan fingerprint density at radius 1 is 0.933 bits per heavy atom. The van der Waals surface area contributed by atoms with Crippen molar-refractivity contribution in [1.29, 1.82) is 0 Å². The van der Waals surface area contributed by atoms with Crippen LogP contribution in [0.15, 0.2) is 46.9 Å². The summed E-state index contributed by atoms with van der Waals surface area (Å²) in [5, 5.41) is 2.05. The van der Waals surface area contributed by atoms with E-state index in [0.717, 1.165) is 29.1 Å². The molecule has 3 heteroatoms. The molecule has 0 aliphatic carbocycles. The Bertz CT molecular complexity index is 655. The summed E-state index contributed by atoms with van der Waals surface area (Å²) in [6, 6.07) is 13.3. The number of furan rings is 1. The van der Waals surface area contributed by atoms with E-state index in [9.17, 15) is 4.70 Å². The van der Waals surface area contributed by atoms with Gasteiger partial charge < -0.3 is 0 Å². The molecule has 0 bridgehead atoms. The summed E-state index contributed by atoms with van der Waals surface area (Å²) in [6.45, 7) is 0. The molecule has 2 aromatic carbocycles. The van der Waals surface area contributed by atoms with Crippen LogP contribution in [0.4, 0.5) is 0 Å². The van der Waals surface area contributed by atoms with Gasteiger partial charge in [0.05, 0.1) is 0 Å². The number of para-hydroxylation sites is 1. The molecule has 3 rings (SSSR count). The summed E-state index contributed by atoms with van der Waals surface area (Å²) in [5.74, 6) is 0. The van der Waals surface area contributed by atoms with Gasteiger partial charge in [-0.1, -0.05) is 0 Å². The molecule has 0 aliphatic rings. The topological polar surface area (TPSA) is 30.2 Å². The van der Waals surface area contributed by atoms with Gasteiger partial charge >= 0.3 is 86.1 Å². The fourth-order valence-electron chi connectivity index (χ4n) is 1.82. The Morgan fingerprint density at radius 2 is 1.73 bits per heavy atom. The van der Waals surface area contributed by atoms with Crippen LogP contribution < -0.4 is 5.46 Å². The molecule has 0 saturated heterocycles. The van der Waals surface area contributed by atoms with Gasteiger partial charge in [0.25, 0.3) is 0 Å². The number of hydrogen-bond acceptors (Lipinski definition) is 2. The summed E-state index contributed by atoms with van der Waals surface area (Å²) in [6.07, 6.45) is 0. The van der Waals surface area contributed by atoms with Crippen LogP contribution in [0.1, 0.15) is 0 Å². The van der Waals surface area contributed by atoms with E-state index in [2.05, 4.69) is 0 Å². The number of rotatable bonds is 1. The molecular formula is C12H7BO2. The van der Waals surface area contributed by atoms with Crippen LogP contribution in [0.5, 0.6) is 0 Å². The zero-order chi connectivity index (χ0) is 10.3. The molecule has 0 amide bonds. The maximum absolute atomic E-state index is 10.7. The number of hydrogen-bond donors (Lipinski definition) is 0. The molecule has 0 N–H and O–H groups in total. The van der Waals surface area contributed by atoms with E-state index in [4.69, 9.17) is 4.42 Å². The van der Waals surface area contributed by atoms with Crippen LogP contribution in [0.2, 0.25) is 0 Å². The second kappa shape index (κ2) is 3.06. The fourth-order valence-corrected chi connectivity index (χ4v) is 1.82. The van der Waals surface area contributed by atoms with Crippen molar-refractivity contribution in [2.75, 3.05) is 0 Å². The standard InChI is InChI=1S/C12H7BO2/c14-13-8-5-6-12-10(7-8)9-3-1-2-4-11(9)15-12/h1-7H. The fraction of sp³-hybridized carbons (Fsp3) is 0. The molecule has 70 valence electrons. The Kier molecular flexibility index (Phi) is 1.71. The molecule has 1 heterocycles. The summed E-state index contributed by atoms with van der Waals surface area (Å²) >= 11 is 0. The van der Waals surface area contributed by atoms with Gasteiger partial charge in [-0.05, 0) is 0 Å². The Morgan fingerprint density at radius 3 is 2.60 bits per heavy atom. The van der Waals surface area contributed by atoms with E-state index < -0.39 is 0 Å². The summed E-state index contributed by atoms with van der Waals surface area (Å²) in [7, 11) is 0.848. The second-order valence-electron chi connectivity index (χ2n) is 3.47. The molecule has 3 aromatic rings. The molecule has 0 unspecified atom stereocenters. The summed E-state index contributed by atoms with van der Waals surface area (Å²) in [5.41, 5.74) is 2.35. The normalized spacial score (nSPS) is 10.7. The van der Waals surface area contributed by atoms with Crippen LogP contribution in [0.3, 0.4) is 0 Å². The molecule has 2 nitrogen and oxygen atoms in total. The molecule has 1 aromatic heterocycles. The molecule has 0 saturated carbocycles. The molecule has 0 radical (unpaired) electrons. The van der Waals surface area contributed by atoms with Crippen molar-refractivity contribution in [3.63, 3.8) is 0 Å². The quantitative estimate of drug-likeness (QED) is 0.556. The first-order valence-electron chi connectivity index (χ1n) is 4.75. The SMILES string of the molecule is O=Bc1ccc2oc3ccccc3c2c1. The van der Waals surface area contributed by atoms with Crippen molar-refractivity contribution < 1.29 is 9.12 Å². The Labute approximate surface area is 86.8 Å². The summed E-state index contributed by atoms with van der Waals surface area (Å²) in [4.78, 5) is 0. The van der Waals surface area contributed by atoms with Crippen LogP contribution in [-0.4, -0.2) is 7.15 Å². The zero-order valence-corrected chi connectivity index (χ0v) is 7.94. The predicted octanol–water partition coefficient (Wildman–Crippen LogP) is 2.26. The van der Waals surface area contributed by atoms with E-state index in [1.54, 1.807) is 6.07 Å².